The highest BCUT2D eigenvalue weighted by Gasteiger charge is 2.35. The van der Waals surface area contributed by atoms with E-state index in [4.69, 9.17) is 4.74 Å². The summed E-state index contributed by atoms with van der Waals surface area (Å²) in [6.07, 6.45) is 4.92. The summed E-state index contributed by atoms with van der Waals surface area (Å²) < 4.78 is 5.17. The van der Waals surface area contributed by atoms with Crippen molar-refractivity contribution in [1.82, 2.24) is 15.5 Å². The number of methoxy groups -OCH3 is 1. The normalized spacial score (nSPS) is 24.3. The summed E-state index contributed by atoms with van der Waals surface area (Å²) in [5, 5.41) is 16.7. The van der Waals surface area contributed by atoms with E-state index in [1.165, 1.54) is 5.56 Å². The van der Waals surface area contributed by atoms with Crippen molar-refractivity contribution in [2.24, 2.45) is 5.92 Å². The highest BCUT2D eigenvalue weighted by atomic mass is 16.5. The van der Waals surface area contributed by atoms with Crippen LogP contribution < -0.4 is 15.4 Å². The van der Waals surface area contributed by atoms with Crippen LogP contribution in [0.1, 0.15) is 55.7 Å². The van der Waals surface area contributed by atoms with Crippen LogP contribution in [0.5, 0.6) is 5.75 Å². The molecule has 0 aromatic heterocycles. The summed E-state index contributed by atoms with van der Waals surface area (Å²) in [7, 11) is 1.65. The Kier molecular flexibility index (Phi) is 7.79. The fourth-order valence-electron chi connectivity index (χ4n) is 5.03. The molecule has 2 unspecified atom stereocenters. The zero-order chi connectivity index (χ0) is 22.3. The molecule has 6 nitrogen and oxygen atoms in total. The Morgan fingerprint density at radius 1 is 1.06 bits per heavy atom. The molecule has 1 heterocycles. The number of benzene rings is 2. The monoisotopic (exact) mass is 437 g/mol. The van der Waals surface area contributed by atoms with Gasteiger partial charge in [0.25, 0.3) is 0 Å². The number of nitrogens with zero attached hydrogens (tertiary/aromatic N) is 1. The molecule has 2 fully saturated rings. The topological polar surface area (TPSA) is 73.8 Å². The minimum Gasteiger partial charge on any atom is -0.497 e. The van der Waals surface area contributed by atoms with Gasteiger partial charge in [0.05, 0.1) is 13.2 Å². The highest BCUT2D eigenvalue weighted by molar-refractivity contribution is 5.79. The van der Waals surface area contributed by atoms with E-state index in [0.717, 1.165) is 56.4 Å². The molecule has 2 atom stereocenters. The average Bonchev–Trinajstić information content (AvgIpc) is 3.34. The fourth-order valence-corrected chi connectivity index (χ4v) is 5.03. The van der Waals surface area contributed by atoms with Crippen LogP contribution in [0.25, 0.3) is 0 Å². The first-order valence-electron chi connectivity index (χ1n) is 11.8. The van der Waals surface area contributed by atoms with Crippen molar-refractivity contribution in [3.05, 3.63) is 65.7 Å². The van der Waals surface area contributed by atoms with Crippen LogP contribution >= 0.6 is 0 Å². The molecule has 1 aliphatic carbocycles. The van der Waals surface area contributed by atoms with Gasteiger partial charge in [-0.1, -0.05) is 42.5 Å². The van der Waals surface area contributed by atoms with Crippen molar-refractivity contribution in [2.75, 3.05) is 13.7 Å². The Balaban J connectivity index is 1.21. The van der Waals surface area contributed by atoms with Crippen LogP contribution in [0.4, 0.5) is 0 Å². The predicted octanol–water partition coefficient (Wildman–Crippen LogP) is 3.57. The molecule has 2 aromatic carbocycles. The van der Waals surface area contributed by atoms with Gasteiger partial charge in [0.2, 0.25) is 5.91 Å². The van der Waals surface area contributed by atoms with Crippen molar-refractivity contribution < 1.29 is 14.6 Å². The van der Waals surface area contributed by atoms with Gasteiger partial charge in [-0.3, -0.25) is 15.4 Å². The van der Waals surface area contributed by atoms with Crippen LogP contribution in [0.15, 0.2) is 54.6 Å². The van der Waals surface area contributed by atoms with Gasteiger partial charge >= 0.3 is 0 Å². The molecule has 1 saturated carbocycles. The lowest BCUT2D eigenvalue weighted by Gasteiger charge is -2.34. The Morgan fingerprint density at radius 2 is 1.78 bits per heavy atom. The van der Waals surface area contributed by atoms with E-state index in [1.807, 2.05) is 30.3 Å². The van der Waals surface area contributed by atoms with Crippen molar-refractivity contribution in [3.8, 4) is 5.75 Å². The summed E-state index contributed by atoms with van der Waals surface area (Å²) in [4.78, 5) is 15.4. The predicted molar refractivity (Wildman–Crippen MR) is 125 cm³/mol. The molecule has 0 radical (unpaired) electrons. The molecule has 2 aliphatic rings. The van der Waals surface area contributed by atoms with E-state index in [-0.39, 0.29) is 18.0 Å². The van der Waals surface area contributed by atoms with Crippen LogP contribution in [0, 0.1) is 5.92 Å². The second kappa shape index (κ2) is 10.9. The maximum absolute atomic E-state index is 13.3. The standard InChI is InChI=1S/C26H35N3O3/c1-32-23-15-9-19(10-16-23)18-27-26(31)28-22-13-11-21(12-14-22)25(30)29-17-5-8-24(29)20-6-3-2-4-7-20/h2-4,6-7,9-10,15-16,21-22,24,26-28,31H,5,8,11-14,17-18H2,1H3. The Labute approximate surface area is 191 Å². The molecule has 1 amide bonds. The van der Waals surface area contributed by atoms with Gasteiger partial charge in [-0.15, -0.1) is 0 Å². The molecule has 172 valence electrons. The van der Waals surface area contributed by atoms with E-state index >= 15 is 0 Å². The van der Waals surface area contributed by atoms with E-state index in [1.54, 1.807) is 7.11 Å². The number of carbonyl (C=O) groups is 1. The van der Waals surface area contributed by atoms with Crippen LogP contribution in [0.2, 0.25) is 0 Å². The number of nitrogens with one attached hydrogen (secondary N) is 2. The Morgan fingerprint density at radius 3 is 2.47 bits per heavy atom. The third-order valence-corrected chi connectivity index (χ3v) is 6.85. The molecule has 32 heavy (non-hydrogen) atoms. The lowest BCUT2D eigenvalue weighted by molar-refractivity contribution is -0.137. The van der Waals surface area contributed by atoms with Crippen LogP contribution in [-0.2, 0) is 11.3 Å². The van der Waals surface area contributed by atoms with Crippen molar-refractivity contribution in [3.63, 3.8) is 0 Å². The van der Waals surface area contributed by atoms with E-state index < -0.39 is 6.35 Å². The maximum Gasteiger partial charge on any atom is 0.226 e. The number of amides is 1. The quantitative estimate of drug-likeness (QED) is 0.551. The van der Waals surface area contributed by atoms with Gasteiger partial charge in [0, 0.05) is 25.0 Å². The SMILES string of the molecule is COc1ccc(CNC(O)NC2CCC(C(=O)N3CCCC3c3ccccc3)CC2)cc1. The molecule has 0 spiro atoms. The first kappa shape index (κ1) is 22.8. The second-order valence-electron chi connectivity index (χ2n) is 8.95. The number of aliphatic hydroxyl groups is 1. The van der Waals surface area contributed by atoms with Crippen molar-refractivity contribution in [1.29, 1.82) is 0 Å². The average molecular weight is 438 g/mol. The molecule has 3 N–H and O–H groups in total. The Hall–Kier alpha value is -2.41. The molecule has 4 rings (SSSR count). The summed E-state index contributed by atoms with van der Waals surface area (Å²) in [5.74, 6) is 1.23. The van der Waals surface area contributed by atoms with Crippen LogP contribution in [0.3, 0.4) is 0 Å². The van der Waals surface area contributed by atoms with Crippen molar-refractivity contribution >= 4 is 5.91 Å². The molecule has 2 aromatic rings. The molecule has 1 aliphatic heterocycles. The molecule has 6 heteroatoms. The smallest absolute Gasteiger partial charge is 0.226 e. The molecule has 0 bridgehead atoms. The molecular formula is C26H35N3O3. The van der Waals surface area contributed by atoms with Gasteiger partial charge in [-0.2, -0.15) is 0 Å². The van der Waals surface area contributed by atoms with Gasteiger partial charge in [0.1, 0.15) is 5.75 Å². The van der Waals surface area contributed by atoms with Crippen molar-refractivity contribution in [2.45, 2.75) is 63.5 Å². The summed E-state index contributed by atoms with van der Waals surface area (Å²) >= 11 is 0. The molecule has 1 saturated heterocycles. The zero-order valence-corrected chi connectivity index (χ0v) is 18.9. The zero-order valence-electron chi connectivity index (χ0n) is 18.9. The number of carbonyl (C=O) groups excluding carboxylic acids is 1. The van der Waals surface area contributed by atoms with Gasteiger partial charge in [-0.25, -0.2) is 0 Å². The lowest BCUT2D eigenvalue weighted by atomic mass is 9.85. The molecular weight excluding hydrogens is 402 g/mol. The van der Waals surface area contributed by atoms with E-state index in [2.05, 4.69) is 39.8 Å². The van der Waals surface area contributed by atoms with E-state index in [9.17, 15) is 9.90 Å². The number of hydrogen-bond acceptors (Lipinski definition) is 5. The fraction of sp³-hybridized carbons (Fsp3) is 0.500. The number of aliphatic hydroxyl groups excluding tert-OH is 1. The lowest BCUT2D eigenvalue weighted by Crippen LogP contribution is -2.49. The Bertz CT molecular complexity index is 850. The second-order valence-corrected chi connectivity index (χ2v) is 8.95. The number of ether oxygens (including phenoxy) is 1. The summed E-state index contributed by atoms with van der Waals surface area (Å²) in [6, 6.07) is 18.7. The first-order chi connectivity index (χ1) is 15.6. The summed E-state index contributed by atoms with van der Waals surface area (Å²) in [6.45, 7) is 1.44. The maximum atomic E-state index is 13.3. The highest BCUT2D eigenvalue weighted by Crippen LogP contribution is 2.35. The first-order valence-corrected chi connectivity index (χ1v) is 11.8. The summed E-state index contributed by atoms with van der Waals surface area (Å²) in [5.41, 5.74) is 2.33. The van der Waals surface area contributed by atoms with Gasteiger partial charge in [0.15, 0.2) is 6.35 Å². The van der Waals surface area contributed by atoms with Gasteiger partial charge < -0.3 is 14.7 Å². The third-order valence-electron chi connectivity index (χ3n) is 6.85. The van der Waals surface area contributed by atoms with E-state index in [0.29, 0.717) is 12.5 Å². The van der Waals surface area contributed by atoms with Gasteiger partial charge in [-0.05, 0) is 61.8 Å². The third kappa shape index (κ3) is 5.68. The minimum atomic E-state index is -0.768. The number of rotatable bonds is 8. The largest absolute Gasteiger partial charge is 0.497 e. The number of hydrogen-bond donors (Lipinski definition) is 3. The number of likely N-dealkylation sites (tertiary alicyclic amines) is 1. The van der Waals surface area contributed by atoms with Crippen LogP contribution in [-0.4, -0.2) is 42.0 Å². The minimum absolute atomic E-state index is 0.0989.